The molecule has 3 saturated heterocycles. The number of benzene rings is 1. The highest BCUT2D eigenvalue weighted by Crippen LogP contribution is 2.32. The third-order valence-corrected chi connectivity index (χ3v) is 6.48. The fourth-order valence-electron chi connectivity index (χ4n) is 5.01. The number of urea groups is 1. The molecule has 3 aliphatic rings. The number of likely N-dealkylation sites (tertiary alicyclic amines) is 1. The first kappa shape index (κ1) is 18.9. The van der Waals surface area contributed by atoms with Crippen LogP contribution in [-0.2, 0) is 10.3 Å². The Morgan fingerprint density at radius 3 is 2.39 bits per heavy atom. The van der Waals surface area contributed by atoms with Crippen molar-refractivity contribution in [1.82, 2.24) is 20.4 Å². The summed E-state index contributed by atoms with van der Waals surface area (Å²) in [7, 11) is 0. The second-order valence-electron chi connectivity index (χ2n) is 8.58. The number of rotatable bonds is 3. The molecule has 1 aromatic carbocycles. The minimum Gasteiger partial charge on any atom is -0.337 e. The summed E-state index contributed by atoms with van der Waals surface area (Å²) in [6.07, 6.45) is 3.40. The number of hydrogen-bond donors (Lipinski definition) is 2. The lowest BCUT2D eigenvalue weighted by atomic mass is 9.91. The van der Waals surface area contributed by atoms with Crippen LogP contribution in [0.1, 0.15) is 56.0 Å². The Labute approximate surface area is 165 Å². The van der Waals surface area contributed by atoms with Crippen LogP contribution >= 0.6 is 0 Å². The number of carbonyl (C=O) groups excluding carboxylic acids is 3. The molecule has 3 atom stereocenters. The van der Waals surface area contributed by atoms with E-state index in [4.69, 9.17) is 0 Å². The molecule has 3 unspecified atom stereocenters. The van der Waals surface area contributed by atoms with Crippen LogP contribution in [0.5, 0.6) is 0 Å². The van der Waals surface area contributed by atoms with Gasteiger partial charge in [-0.2, -0.15) is 0 Å². The summed E-state index contributed by atoms with van der Waals surface area (Å²) in [5, 5.41) is 4.91. The second kappa shape index (κ2) is 6.88. The van der Waals surface area contributed by atoms with Gasteiger partial charge in [-0.15, -0.1) is 0 Å². The average Bonchev–Trinajstić information content (AvgIpc) is 3.09. The fourth-order valence-corrected chi connectivity index (χ4v) is 5.01. The molecule has 3 fully saturated rings. The van der Waals surface area contributed by atoms with Crippen LogP contribution in [0.4, 0.5) is 4.79 Å². The van der Waals surface area contributed by atoms with Crippen molar-refractivity contribution >= 4 is 17.8 Å². The van der Waals surface area contributed by atoms with E-state index < -0.39 is 11.6 Å². The van der Waals surface area contributed by atoms with Crippen LogP contribution in [0, 0.1) is 0 Å². The van der Waals surface area contributed by atoms with Crippen LogP contribution in [0.15, 0.2) is 24.3 Å². The van der Waals surface area contributed by atoms with E-state index in [2.05, 4.69) is 29.4 Å². The van der Waals surface area contributed by atoms with Gasteiger partial charge in [0.1, 0.15) is 5.54 Å². The minimum atomic E-state index is -1.10. The zero-order valence-corrected chi connectivity index (χ0v) is 16.7. The van der Waals surface area contributed by atoms with Crippen molar-refractivity contribution in [1.29, 1.82) is 0 Å². The van der Waals surface area contributed by atoms with E-state index in [1.165, 1.54) is 6.42 Å². The summed E-state index contributed by atoms with van der Waals surface area (Å²) in [5.74, 6) is -0.346. The zero-order chi connectivity index (χ0) is 20.1. The van der Waals surface area contributed by atoms with E-state index in [-0.39, 0.29) is 11.8 Å². The number of fused-ring (bicyclic) bond motifs is 2. The molecular weight excluding hydrogens is 356 g/mol. The van der Waals surface area contributed by atoms with Crippen molar-refractivity contribution in [2.75, 3.05) is 13.1 Å². The summed E-state index contributed by atoms with van der Waals surface area (Å²) in [5.41, 5.74) is 0.178. The first-order valence-electron chi connectivity index (χ1n) is 10.1. The molecule has 2 bridgehead atoms. The topological polar surface area (TPSA) is 81.8 Å². The van der Waals surface area contributed by atoms with Gasteiger partial charge < -0.3 is 10.2 Å². The predicted octanol–water partition coefficient (Wildman–Crippen LogP) is 1.83. The largest absolute Gasteiger partial charge is 0.337 e. The fraction of sp³-hybridized carbons (Fsp3) is 0.571. The molecular formula is C21H28N4O3. The standard InChI is InChI=1S/C21H28N4O3/c1-13(2)25-16-8-9-17(25)12-24(11-10-16)18(26)14-4-6-15(7-5-14)21(3)19(27)22-20(28)23-21/h4-7,13,16-17H,8-12H2,1-3H3,(H2,22,23,27,28). The van der Waals surface area contributed by atoms with Crippen molar-refractivity contribution in [3.63, 3.8) is 0 Å². The highest BCUT2D eigenvalue weighted by atomic mass is 16.2. The van der Waals surface area contributed by atoms with Gasteiger partial charge in [0.05, 0.1) is 0 Å². The Morgan fingerprint density at radius 2 is 1.79 bits per heavy atom. The van der Waals surface area contributed by atoms with Gasteiger partial charge in [0.25, 0.3) is 11.8 Å². The number of amides is 4. The van der Waals surface area contributed by atoms with Gasteiger partial charge in [0.2, 0.25) is 0 Å². The molecule has 2 N–H and O–H groups in total. The molecule has 150 valence electrons. The quantitative estimate of drug-likeness (QED) is 0.779. The zero-order valence-electron chi connectivity index (χ0n) is 16.7. The van der Waals surface area contributed by atoms with Crippen LogP contribution in [0.25, 0.3) is 0 Å². The summed E-state index contributed by atoms with van der Waals surface area (Å²) < 4.78 is 0. The Hall–Kier alpha value is -2.41. The summed E-state index contributed by atoms with van der Waals surface area (Å²) in [6, 6.07) is 8.03. The predicted molar refractivity (Wildman–Crippen MR) is 105 cm³/mol. The Morgan fingerprint density at radius 1 is 1.11 bits per heavy atom. The number of nitrogens with one attached hydrogen (secondary N) is 2. The maximum atomic E-state index is 13.1. The number of hydrogen-bond acceptors (Lipinski definition) is 4. The highest BCUT2D eigenvalue weighted by molar-refractivity contribution is 6.07. The molecule has 0 radical (unpaired) electrons. The number of nitrogens with zero attached hydrogens (tertiary/aromatic N) is 2. The summed E-state index contributed by atoms with van der Waals surface area (Å²) >= 11 is 0. The maximum Gasteiger partial charge on any atom is 0.322 e. The van der Waals surface area contributed by atoms with E-state index >= 15 is 0 Å². The first-order valence-corrected chi connectivity index (χ1v) is 10.1. The first-order chi connectivity index (χ1) is 13.3. The third kappa shape index (κ3) is 3.07. The molecule has 3 aliphatic heterocycles. The van der Waals surface area contributed by atoms with Crippen LogP contribution < -0.4 is 10.6 Å². The van der Waals surface area contributed by atoms with E-state index in [1.54, 1.807) is 31.2 Å². The monoisotopic (exact) mass is 384 g/mol. The van der Waals surface area contributed by atoms with Gasteiger partial charge in [-0.3, -0.25) is 19.8 Å². The number of imide groups is 1. The molecule has 4 amide bonds. The van der Waals surface area contributed by atoms with Gasteiger partial charge in [-0.05, 0) is 57.7 Å². The second-order valence-corrected chi connectivity index (χ2v) is 8.58. The third-order valence-electron chi connectivity index (χ3n) is 6.48. The number of carbonyl (C=O) groups is 3. The van der Waals surface area contributed by atoms with Crippen molar-refractivity contribution < 1.29 is 14.4 Å². The lowest BCUT2D eigenvalue weighted by Crippen LogP contribution is -2.44. The van der Waals surface area contributed by atoms with E-state index in [0.29, 0.717) is 29.3 Å². The molecule has 0 saturated carbocycles. The van der Waals surface area contributed by atoms with Gasteiger partial charge in [0, 0.05) is 36.8 Å². The summed E-state index contributed by atoms with van der Waals surface area (Å²) in [6.45, 7) is 7.68. The lowest BCUT2D eigenvalue weighted by molar-refractivity contribution is -0.123. The molecule has 0 aliphatic carbocycles. The normalized spacial score (nSPS) is 30.4. The molecule has 3 heterocycles. The van der Waals surface area contributed by atoms with E-state index in [9.17, 15) is 14.4 Å². The average molecular weight is 384 g/mol. The Bertz CT molecular complexity index is 806. The van der Waals surface area contributed by atoms with Gasteiger partial charge in [-0.1, -0.05) is 12.1 Å². The molecule has 4 rings (SSSR count). The van der Waals surface area contributed by atoms with Crippen molar-refractivity contribution in [2.24, 2.45) is 0 Å². The highest BCUT2D eigenvalue weighted by Gasteiger charge is 2.43. The van der Waals surface area contributed by atoms with E-state index in [0.717, 1.165) is 25.9 Å². The van der Waals surface area contributed by atoms with Gasteiger partial charge in [0.15, 0.2) is 0 Å². The summed E-state index contributed by atoms with van der Waals surface area (Å²) in [4.78, 5) is 41.2. The molecule has 0 aromatic heterocycles. The Balaban J connectivity index is 1.50. The molecule has 0 spiro atoms. The van der Waals surface area contributed by atoms with Crippen molar-refractivity contribution in [3.05, 3.63) is 35.4 Å². The smallest absolute Gasteiger partial charge is 0.322 e. The van der Waals surface area contributed by atoms with Crippen LogP contribution in [-0.4, -0.2) is 58.9 Å². The Kier molecular flexibility index (Phi) is 4.65. The van der Waals surface area contributed by atoms with Gasteiger partial charge >= 0.3 is 6.03 Å². The maximum absolute atomic E-state index is 13.1. The van der Waals surface area contributed by atoms with Gasteiger partial charge in [-0.25, -0.2) is 4.79 Å². The van der Waals surface area contributed by atoms with Crippen LogP contribution in [0.2, 0.25) is 0 Å². The minimum absolute atomic E-state index is 0.0351. The van der Waals surface area contributed by atoms with Crippen molar-refractivity contribution in [3.8, 4) is 0 Å². The molecule has 28 heavy (non-hydrogen) atoms. The molecule has 7 heteroatoms. The molecule has 1 aromatic rings. The SMILES string of the molecule is CC(C)N1C2CCC1CN(C(=O)c1ccc(C3(C)NC(=O)NC3=O)cc1)CC2. The molecule has 7 nitrogen and oxygen atoms in total. The van der Waals surface area contributed by atoms with Crippen LogP contribution in [0.3, 0.4) is 0 Å². The van der Waals surface area contributed by atoms with E-state index in [1.807, 2.05) is 4.90 Å². The lowest BCUT2D eigenvalue weighted by Gasteiger charge is -2.32. The van der Waals surface area contributed by atoms with Crippen molar-refractivity contribution in [2.45, 2.75) is 63.7 Å².